The van der Waals surface area contributed by atoms with Crippen LogP contribution < -0.4 is 5.73 Å². The molecular weight excluding hydrogens is 203 g/mol. The lowest BCUT2D eigenvalue weighted by molar-refractivity contribution is -0.389. The number of hydrogen-bond donors (Lipinski definition) is 1. The van der Waals surface area contributed by atoms with Crippen molar-refractivity contribution >= 4 is 11.6 Å². The molecule has 0 radical (unpaired) electrons. The maximum Gasteiger partial charge on any atom is 0.416 e. The van der Waals surface area contributed by atoms with Crippen LogP contribution in [0.15, 0.2) is 12.1 Å². The molecule has 0 aliphatic carbocycles. The van der Waals surface area contributed by atoms with Crippen LogP contribution in [0.3, 0.4) is 0 Å². The third-order valence-corrected chi connectivity index (χ3v) is 1.35. The first-order chi connectivity index (χ1) is 6.30. The lowest BCUT2D eigenvalue weighted by Gasteiger charge is -2.05. The zero-order chi connectivity index (χ0) is 10.9. The van der Waals surface area contributed by atoms with Gasteiger partial charge in [-0.2, -0.15) is 13.2 Å². The molecule has 1 aromatic heterocycles. The number of nitro groups is 1. The maximum absolute atomic E-state index is 12.1. The van der Waals surface area contributed by atoms with Gasteiger partial charge in [0.1, 0.15) is 0 Å². The van der Waals surface area contributed by atoms with E-state index in [9.17, 15) is 23.3 Å². The average Bonchev–Trinajstić information content (AvgIpc) is 2.01. The summed E-state index contributed by atoms with van der Waals surface area (Å²) < 4.78 is 36.3. The molecular formula is C6H4F3N3O2. The molecule has 5 nitrogen and oxygen atoms in total. The molecule has 0 aliphatic rings. The minimum atomic E-state index is -4.66. The van der Waals surface area contributed by atoms with Crippen LogP contribution in [0.1, 0.15) is 5.56 Å². The Balaban J connectivity index is 3.28. The number of halogens is 3. The van der Waals surface area contributed by atoms with Crippen molar-refractivity contribution in [2.24, 2.45) is 0 Å². The number of aromatic nitrogens is 1. The van der Waals surface area contributed by atoms with E-state index in [1.165, 1.54) is 0 Å². The molecule has 2 N–H and O–H groups in total. The fraction of sp³-hybridized carbons (Fsp3) is 0.167. The van der Waals surface area contributed by atoms with Gasteiger partial charge >= 0.3 is 12.0 Å². The first-order valence-electron chi connectivity index (χ1n) is 3.30. The summed E-state index contributed by atoms with van der Waals surface area (Å²) >= 11 is 0. The second-order valence-corrected chi connectivity index (χ2v) is 2.39. The van der Waals surface area contributed by atoms with Crippen LogP contribution in [0, 0.1) is 10.1 Å². The van der Waals surface area contributed by atoms with Gasteiger partial charge in [-0.15, -0.1) is 0 Å². The first-order valence-corrected chi connectivity index (χ1v) is 3.30. The summed E-state index contributed by atoms with van der Waals surface area (Å²) in [5, 5.41) is 10.2. The summed E-state index contributed by atoms with van der Waals surface area (Å²) in [4.78, 5) is 12.2. The van der Waals surface area contributed by atoms with Gasteiger partial charge in [-0.05, 0) is 9.91 Å². The number of pyridine rings is 1. The molecule has 0 saturated heterocycles. The van der Waals surface area contributed by atoms with Crippen LogP contribution in [-0.2, 0) is 6.18 Å². The molecule has 0 saturated carbocycles. The highest BCUT2D eigenvalue weighted by Gasteiger charge is 2.33. The summed E-state index contributed by atoms with van der Waals surface area (Å²) in [7, 11) is 0. The number of hydrogen-bond acceptors (Lipinski definition) is 4. The van der Waals surface area contributed by atoms with E-state index >= 15 is 0 Å². The summed E-state index contributed by atoms with van der Waals surface area (Å²) in [6, 6.07) is 0.864. The average molecular weight is 207 g/mol. The van der Waals surface area contributed by atoms with E-state index in [0.717, 1.165) is 0 Å². The van der Waals surface area contributed by atoms with E-state index in [1.807, 2.05) is 0 Å². The highest BCUT2D eigenvalue weighted by molar-refractivity contribution is 5.41. The van der Waals surface area contributed by atoms with Crippen molar-refractivity contribution in [1.82, 2.24) is 4.98 Å². The van der Waals surface area contributed by atoms with Gasteiger partial charge in [0.25, 0.3) is 0 Å². The molecule has 0 aromatic carbocycles. The highest BCUT2D eigenvalue weighted by atomic mass is 19.4. The maximum atomic E-state index is 12.1. The summed E-state index contributed by atoms with van der Waals surface area (Å²) in [5.41, 5.74) is 3.79. The van der Waals surface area contributed by atoms with Crippen LogP contribution in [0.2, 0.25) is 0 Å². The third kappa shape index (κ3) is 2.09. The molecule has 0 aliphatic heterocycles. The van der Waals surface area contributed by atoms with Crippen molar-refractivity contribution in [3.63, 3.8) is 0 Å². The summed E-state index contributed by atoms with van der Waals surface area (Å²) in [6.07, 6.45) is -4.66. The SMILES string of the molecule is Nc1cc(C(F)(F)F)cc([N+](=O)[O-])n1. The van der Waals surface area contributed by atoms with E-state index in [-0.39, 0.29) is 0 Å². The molecule has 0 fully saturated rings. The molecule has 0 spiro atoms. The van der Waals surface area contributed by atoms with Gasteiger partial charge in [0.15, 0.2) is 0 Å². The van der Waals surface area contributed by atoms with Crippen molar-refractivity contribution in [2.45, 2.75) is 6.18 Å². The summed E-state index contributed by atoms with van der Waals surface area (Å²) in [5.74, 6) is -1.45. The molecule has 1 heterocycles. The van der Waals surface area contributed by atoms with Crippen LogP contribution in [-0.4, -0.2) is 9.91 Å². The van der Waals surface area contributed by atoms with Crippen molar-refractivity contribution in [2.75, 3.05) is 5.73 Å². The van der Waals surface area contributed by atoms with Gasteiger partial charge in [-0.3, -0.25) is 0 Å². The van der Waals surface area contributed by atoms with Gasteiger partial charge in [0.2, 0.25) is 5.82 Å². The zero-order valence-electron chi connectivity index (χ0n) is 6.58. The van der Waals surface area contributed by atoms with Crippen LogP contribution in [0.5, 0.6) is 0 Å². The Morgan fingerprint density at radius 2 is 2.00 bits per heavy atom. The Morgan fingerprint density at radius 1 is 1.43 bits per heavy atom. The largest absolute Gasteiger partial charge is 0.416 e. The predicted molar refractivity (Wildman–Crippen MR) is 40.3 cm³/mol. The van der Waals surface area contributed by atoms with Crippen LogP contribution >= 0.6 is 0 Å². The van der Waals surface area contributed by atoms with E-state index < -0.39 is 28.3 Å². The predicted octanol–water partition coefficient (Wildman–Crippen LogP) is 1.59. The highest BCUT2D eigenvalue weighted by Crippen LogP contribution is 2.31. The molecule has 0 amide bonds. The number of nitrogen functional groups attached to an aromatic ring is 1. The molecule has 76 valence electrons. The summed E-state index contributed by atoms with van der Waals surface area (Å²) in [6.45, 7) is 0. The van der Waals surface area contributed by atoms with Crippen LogP contribution in [0.4, 0.5) is 24.8 Å². The Labute approximate surface area is 75.5 Å². The molecule has 0 bridgehead atoms. The molecule has 8 heteroatoms. The van der Waals surface area contributed by atoms with Crippen molar-refractivity contribution in [3.8, 4) is 0 Å². The van der Waals surface area contributed by atoms with E-state index in [2.05, 4.69) is 4.98 Å². The van der Waals surface area contributed by atoms with Crippen molar-refractivity contribution in [3.05, 3.63) is 27.8 Å². The minimum absolute atomic E-state index is 0.330. The standard InChI is InChI=1S/C6H4F3N3O2/c7-6(8,9)3-1-4(10)11-5(2-3)12(13)14/h1-2H,(H2,10,11). The van der Waals surface area contributed by atoms with Crippen LogP contribution in [0.25, 0.3) is 0 Å². The Morgan fingerprint density at radius 3 is 2.43 bits per heavy atom. The number of alkyl halides is 3. The minimum Gasteiger partial charge on any atom is -0.363 e. The van der Waals surface area contributed by atoms with E-state index in [0.29, 0.717) is 12.1 Å². The number of anilines is 1. The normalized spacial score (nSPS) is 11.4. The number of nitrogens with two attached hydrogens (primary N) is 1. The zero-order valence-corrected chi connectivity index (χ0v) is 6.58. The Kier molecular flexibility index (Phi) is 2.28. The third-order valence-electron chi connectivity index (χ3n) is 1.35. The van der Waals surface area contributed by atoms with Gasteiger partial charge in [-0.25, -0.2) is 0 Å². The quantitative estimate of drug-likeness (QED) is 0.559. The van der Waals surface area contributed by atoms with Gasteiger partial charge < -0.3 is 15.8 Å². The second-order valence-electron chi connectivity index (χ2n) is 2.39. The van der Waals surface area contributed by atoms with Gasteiger partial charge in [0, 0.05) is 12.1 Å². The second kappa shape index (κ2) is 3.13. The fourth-order valence-electron chi connectivity index (χ4n) is 0.794. The van der Waals surface area contributed by atoms with Gasteiger partial charge in [0.05, 0.1) is 5.56 Å². The van der Waals surface area contributed by atoms with Gasteiger partial charge in [-0.1, -0.05) is 0 Å². The smallest absolute Gasteiger partial charge is 0.363 e. The molecule has 14 heavy (non-hydrogen) atoms. The Bertz CT molecular complexity index is 377. The van der Waals surface area contributed by atoms with Crippen molar-refractivity contribution in [1.29, 1.82) is 0 Å². The Hall–Kier alpha value is -1.86. The first kappa shape index (κ1) is 10.2. The monoisotopic (exact) mass is 207 g/mol. The number of rotatable bonds is 1. The molecule has 0 atom stereocenters. The van der Waals surface area contributed by atoms with E-state index in [4.69, 9.17) is 5.73 Å². The topological polar surface area (TPSA) is 82.0 Å². The number of nitrogens with zero attached hydrogens (tertiary/aromatic N) is 2. The molecule has 0 unspecified atom stereocenters. The van der Waals surface area contributed by atoms with Crippen molar-refractivity contribution < 1.29 is 18.1 Å². The lowest BCUT2D eigenvalue weighted by Crippen LogP contribution is -2.08. The van der Waals surface area contributed by atoms with E-state index in [1.54, 1.807) is 0 Å². The lowest BCUT2D eigenvalue weighted by atomic mass is 10.2. The fourth-order valence-corrected chi connectivity index (χ4v) is 0.794. The molecule has 1 aromatic rings. The molecule has 1 rings (SSSR count).